The molecule has 0 aliphatic carbocycles. The first kappa shape index (κ1) is 10.9. The van der Waals surface area contributed by atoms with Gasteiger partial charge in [-0.3, -0.25) is 9.89 Å². The second kappa shape index (κ2) is 4.94. The molecule has 2 rings (SSSR count). The average molecular weight is 226 g/mol. The van der Waals surface area contributed by atoms with Crippen LogP contribution in [0.4, 0.5) is 0 Å². The molecule has 0 radical (unpaired) electrons. The molecule has 84 valence electrons. The van der Waals surface area contributed by atoms with Crippen LogP contribution in [0, 0.1) is 11.3 Å². The van der Waals surface area contributed by atoms with Crippen LogP contribution < -0.4 is 5.32 Å². The highest BCUT2D eigenvalue weighted by atomic mass is 16.1. The molecule has 0 saturated carbocycles. The SMILES string of the molecule is N#Cc1cn[nH]c1C(=O)NCc1ccccc1. The van der Waals surface area contributed by atoms with Gasteiger partial charge in [-0.1, -0.05) is 30.3 Å². The average Bonchev–Trinajstić information content (AvgIpc) is 2.85. The molecule has 1 heterocycles. The molecule has 0 aliphatic rings. The molecule has 1 aromatic carbocycles. The van der Waals surface area contributed by atoms with Crippen LogP contribution >= 0.6 is 0 Å². The summed E-state index contributed by atoms with van der Waals surface area (Å²) >= 11 is 0. The zero-order chi connectivity index (χ0) is 12.1. The maximum absolute atomic E-state index is 11.7. The minimum Gasteiger partial charge on any atom is -0.347 e. The molecule has 0 fully saturated rings. The number of aromatic amines is 1. The molecule has 0 spiro atoms. The van der Waals surface area contributed by atoms with Gasteiger partial charge in [-0.2, -0.15) is 10.4 Å². The highest BCUT2D eigenvalue weighted by Crippen LogP contribution is 2.03. The summed E-state index contributed by atoms with van der Waals surface area (Å²) in [7, 11) is 0. The zero-order valence-corrected chi connectivity index (χ0v) is 8.97. The molecular weight excluding hydrogens is 216 g/mol. The summed E-state index contributed by atoms with van der Waals surface area (Å²) in [6.45, 7) is 0.420. The van der Waals surface area contributed by atoms with Gasteiger partial charge in [0.05, 0.1) is 6.20 Å². The van der Waals surface area contributed by atoms with E-state index in [1.807, 2.05) is 36.4 Å². The number of carbonyl (C=O) groups excluding carboxylic acids is 1. The third-order valence-corrected chi connectivity index (χ3v) is 2.28. The third kappa shape index (κ3) is 2.49. The smallest absolute Gasteiger partial charge is 0.270 e. The van der Waals surface area contributed by atoms with E-state index in [4.69, 9.17) is 5.26 Å². The Labute approximate surface area is 98.1 Å². The van der Waals surface area contributed by atoms with E-state index in [1.54, 1.807) is 0 Å². The lowest BCUT2D eigenvalue weighted by atomic mass is 10.2. The first-order valence-corrected chi connectivity index (χ1v) is 5.07. The Morgan fingerprint density at radius 3 is 2.88 bits per heavy atom. The first-order valence-electron chi connectivity index (χ1n) is 5.07. The second-order valence-electron chi connectivity index (χ2n) is 3.44. The molecule has 1 aromatic heterocycles. The monoisotopic (exact) mass is 226 g/mol. The summed E-state index contributed by atoms with van der Waals surface area (Å²) in [5, 5.41) is 17.6. The fourth-order valence-electron chi connectivity index (χ4n) is 1.41. The molecule has 5 nitrogen and oxygen atoms in total. The number of hydrogen-bond donors (Lipinski definition) is 2. The molecule has 0 unspecified atom stereocenters. The molecule has 5 heteroatoms. The number of aromatic nitrogens is 2. The number of H-pyrrole nitrogens is 1. The van der Waals surface area contributed by atoms with E-state index in [2.05, 4.69) is 15.5 Å². The van der Waals surface area contributed by atoms with E-state index >= 15 is 0 Å². The van der Waals surface area contributed by atoms with E-state index in [0.717, 1.165) is 5.56 Å². The van der Waals surface area contributed by atoms with E-state index in [9.17, 15) is 4.79 Å². The summed E-state index contributed by atoms with van der Waals surface area (Å²) in [5.74, 6) is -0.331. The largest absolute Gasteiger partial charge is 0.347 e. The van der Waals surface area contributed by atoms with Crippen molar-refractivity contribution in [2.45, 2.75) is 6.54 Å². The third-order valence-electron chi connectivity index (χ3n) is 2.28. The molecule has 2 N–H and O–H groups in total. The quantitative estimate of drug-likeness (QED) is 0.825. The number of rotatable bonds is 3. The highest BCUT2D eigenvalue weighted by Gasteiger charge is 2.12. The van der Waals surface area contributed by atoms with Crippen molar-refractivity contribution in [1.29, 1.82) is 5.26 Å². The van der Waals surface area contributed by atoms with Gasteiger partial charge in [-0.15, -0.1) is 0 Å². The predicted octanol–water partition coefficient (Wildman–Crippen LogP) is 1.21. The van der Waals surface area contributed by atoms with Gasteiger partial charge in [0.1, 0.15) is 17.3 Å². The minimum absolute atomic E-state index is 0.198. The van der Waals surface area contributed by atoms with Gasteiger partial charge in [0.25, 0.3) is 5.91 Å². The van der Waals surface area contributed by atoms with Crippen LogP contribution in [0.25, 0.3) is 0 Å². The Bertz CT molecular complexity index is 553. The Hall–Kier alpha value is -2.61. The number of amides is 1. The topological polar surface area (TPSA) is 81.6 Å². The van der Waals surface area contributed by atoms with Crippen LogP contribution in [0.15, 0.2) is 36.5 Å². The van der Waals surface area contributed by atoms with Crippen molar-refractivity contribution in [2.24, 2.45) is 0 Å². The van der Waals surface area contributed by atoms with Crippen LogP contribution in [0.2, 0.25) is 0 Å². The van der Waals surface area contributed by atoms with Crippen molar-refractivity contribution in [3.63, 3.8) is 0 Å². The van der Waals surface area contributed by atoms with Gasteiger partial charge in [0.15, 0.2) is 0 Å². The first-order chi connectivity index (χ1) is 8.31. The Morgan fingerprint density at radius 2 is 2.18 bits per heavy atom. The van der Waals surface area contributed by atoms with Crippen molar-refractivity contribution < 1.29 is 4.79 Å². The fraction of sp³-hybridized carbons (Fsp3) is 0.0833. The van der Waals surface area contributed by atoms with Gasteiger partial charge < -0.3 is 5.32 Å². The van der Waals surface area contributed by atoms with Crippen LogP contribution in [0.3, 0.4) is 0 Å². The molecule has 0 atom stereocenters. The fourth-order valence-corrected chi connectivity index (χ4v) is 1.41. The van der Waals surface area contributed by atoms with Crippen LogP contribution in [-0.2, 0) is 6.54 Å². The highest BCUT2D eigenvalue weighted by molar-refractivity contribution is 5.94. The van der Waals surface area contributed by atoms with Gasteiger partial charge >= 0.3 is 0 Å². The number of nitrogens with one attached hydrogen (secondary N) is 2. The molecule has 0 bridgehead atoms. The number of nitriles is 1. The molecule has 1 amide bonds. The van der Waals surface area contributed by atoms with Crippen LogP contribution in [0.5, 0.6) is 0 Å². The molecule has 0 aliphatic heterocycles. The van der Waals surface area contributed by atoms with Gasteiger partial charge in [-0.25, -0.2) is 0 Å². The van der Waals surface area contributed by atoms with Crippen molar-refractivity contribution in [3.8, 4) is 6.07 Å². The van der Waals surface area contributed by atoms with E-state index in [1.165, 1.54) is 6.20 Å². The van der Waals surface area contributed by atoms with E-state index < -0.39 is 0 Å². The van der Waals surface area contributed by atoms with Crippen molar-refractivity contribution in [2.75, 3.05) is 0 Å². The lowest BCUT2D eigenvalue weighted by Crippen LogP contribution is -2.23. The molecule has 2 aromatic rings. The number of benzene rings is 1. The molecular formula is C12H10N4O. The second-order valence-corrected chi connectivity index (χ2v) is 3.44. The molecule has 0 saturated heterocycles. The number of hydrogen-bond acceptors (Lipinski definition) is 3. The Morgan fingerprint density at radius 1 is 1.41 bits per heavy atom. The predicted molar refractivity (Wildman–Crippen MR) is 60.9 cm³/mol. The molecule has 17 heavy (non-hydrogen) atoms. The normalized spacial score (nSPS) is 9.59. The van der Waals surface area contributed by atoms with E-state index in [-0.39, 0.29) is 17.2 Å². The summed E-state index contributed by atoms with van der Waals surface area (Å²) in [4.78, 5) is 11.7. The minimum atomic E-state index is -0.331. The summed E-state index contributed by atoms with van der Waals surface area (Å²) in [5.41, 5.74) is 1.44. The van der Waals surface area contributed by atoms with Crippen LogP contribution in [0.1, 0.15) is 21.6 Å². The van der Waals surface area contributed by atoms with Crippen molar-refractivity contribution in [3.05, 3.63) is 53.3 Å². The Balaban J connectivity index is 2.02. The number of nitrogens with zero attached hydrogens (tertiary/aromatic N) is 2. The summed E-state index contributed by atoms with van der Waals surface area (Å²) in [6.07, 6.45) is 1.33. The lowest BCUT2D eigenvalue weighted by molar-refractivity contribution is 0.0945. The summed E-state index contributed by atoms with van der Waals surface area (Å²) in [6, 6.07) is 11.4. The van der Waals surface area contributed by atoms with Crippen molar-refractivity contribution in [1.82, 2.24) is 15.5 Å². The van der Waals surface area contributed by atoms with E-state index in [0.29, 0.717) is 6.54 Å². The van der Waals surface area contributed by atoms with Crippen molar-refractivity contribution >= 4 is 5.91 Å². The van der Waals surface area contributed by atoms with Gasteiger partial charge in [0, 0.05) is 6.54 Å². The van der Waals surface area contributed by atoms with Crippen LogP contribution in [-0.4, -0.2) is 16.1 Å². The number of carbonyl (C=O) groups is 1. The van der Waals surface area contributed by atoms with Gasteiger partial charge in [-0.05, 0) is 5.56 Å². The van der Waals surface area contributed by atoms with Gasteiger partial charge in [0.2, 0.25) is 0 Å². The standard InChI is InChI=1S/C12H10N4O/c13-6-10-8-15-16-11(10)12(17)14-7-9-4-2-1-3-5-9/h1-5,8H,7H2,(H,14,17)(H,15,16). The summed E-state index contributed by atoms with van der Waals surface area (Å²) < 4.78 is 0. The Kier molecular flexibility index (Phi) is 3.17. The maximum atomic E-state index is 11.7. The zero-order valence-electron chi connectivity index (χ0n) is 8.97. The lowest BCUT2D eigenvalue weighted by Gasteiger charge is -2.03. The maximum Gasteiger partial charge on any atom is 0.270 e.